The zero-order chi connectivity index (χ0) is 7.23. The highest BCUT2D eigenvalue weighted by molar-refractivity contribution is 5.14. The van der Waals surface area contributed by atoms with Gasteiger partial charge < -0.3 is 5.21 Å². The Hall–Kier alpha value is -0.860. The minimum Gasteiger partial charge on any atom is -0.317 e. The van der Waals surface area contributed by atoms with E-state index in [0.717, 1.165) is 6.42 Å². The molecular formula is C8H11NO. The van der Waals surface area contributed by atoms with Gasteiger partial charge in [0.15, 0.2) is 0 Å². The van der Waals surface area contributed by atoms with Crippen molar-refractivity contribution in [1.29, 1.82) is 0 Å². The first-order chi connectivity index (χ1) is 4.93. The van der Waals surface area contributed by atoms with Gasteiger partial charge in [-0.15, -0.1) is 0 Å². The van der Waals surface area contributed by atoms with Crippen molar-refractivity contribution in [1.82, 2.24) is 5.48 Å². The minimum absolute atomic E-state index is 0.615. The first kappa shape index (κ1) is 7.25. The fourth-order valence-corrected chi connectivity index (χ4v) is 0.845. The quantitative estimate of drug-likeness (QED) is 0.614. The number of hydrogen-bond donors (Lipinski definition) is 2. The van der Waals surface area contributed by atoms with E-state index >= 15 is 0 Å². The molecule has 0 spiro atoms. The van der Waals surface area contributed by atoms with Crippen molar-refractivity contribution in [2.24, 2.45) is 0 Å². The summed E-state index contributed by atoms with van der Waals surface area (Å²) in [5.41, 5.74) is 3.36. The lowest BCUT2D eigenvalue weighted by Gasteiger charge is -1.97. The lowest BCUT2D eigenvalue weighted by atomic mass is 10.2. The molecule has 0 aliphatic heterocycles. The molecule has 0 aromatic heterocycles. The first-order valence-corrected chi connectivity index (χ1v) is 3.34. The van der Waals surface area contributed by atoms with E-state index in [9.17, 15) is 0 Å². The molecule has 2 heteroatoms. The molecule has 0 aliphatic carbocycles. The van der Waals surface area contributed by atoms with Crippen LogP contribution in [0.25, 0.3) is 0 Å². The fourth-order valence-electron chi connectivity index (χ4n) is 0.845. The third-order valence-corrected chi connectivity index (χ3v) is 1.37. The molecule has 54 valence electrons. The summed E-state index contributed by atoms with van der Waals surface area (Å²) in [7, 11) is 0. The Balaban J connectivity index is 2.43. The monoisotopic (exact) mass is 137 g/mol. The molecule has 0 fully saturated rings. The van der Waals surface area contributed by atoms with Gasteiger partial charge in [-0.1, -0.05) is 30.3 Å². The van der Waals surface area contributed by atoms with Crippen molar-refractivity contribution in [2.45, 2.75) is 6.42 Å². The zero-order valence-corrected chi connectivity index (χ0v) is 5.75. The molecule has 10 heavy (non-hydrogen) atoms. The predicted octanol–water partition coefficient (Wildman–Crippen LogP) is 1.21. The lowest BCUT2D eigenvalue weighted by molar-refractivity contribution is 0.168. The predicted molar refractivity (Wildman–Crippen MR) is 39.9 cm³/mol. The van der Waals surface area contributed by atoms with Crippen molar-refractivity contribution in [2.75, 3.05) is 6.54 Å². The normalized spacial score (nSPS) is 9.70. The SMILES string of the molecule is ONCCc1ccccc1. The summed E-state index contributed by atoms with van der Waals surface area (Å²) in [5, 5.41) is 8.28. The van der Waals surface area contributed by atoms with Gasteiger partial charge in [-0.05, 0) is 12.0 Å². The minimum atomic E-state index is 0.615. The highest BCUT2D eigenvalue weighted by Crippen LogP contribution is 1.97. The Bertz CT molecular complexity index is 174. The Kier molecular flexibility index (Phi) is 2.93. The van der Waals surface area contributed by atoms with Crippen LogP contribution in [0.3, 0.4) is 0 Å². The van der Waals surface area contributed by atoms with Crippen LogP contribution >= 0.6 is 0 Å². The van der Waals surface area contributed by atoms with Crippen molar-refractivity contribution < 1.29 is 5.21 Å². The molecule has 0 saturated carbocycles. The van der Waals surface area contributed by atoms with Crippen molar-refractivity contribution in [3.8, 4) is 0 Å². The van der Waals surface area contributed by atoms with Crippen LogP contribution in [-0.2, 0) is 6.42 Å². The van der Waals surface area contributed by atoms with E-state index in [-0.39, 0.29) is 0 Å². The van der Waals surface area contributed by atoms with E-state index in [2.05, 4.69) is 5.48 Å². The van der Waals surface area contributed by atoms with Crippen LogP contribution in [0.1, 0.15) is 5.56 Å². The third-order valence-electron chi connectivity index (χ3n) is 1.37. The number of benzene rings is 1. The first-order valence-electron chi connectivity index (χ1n) is 3.34. The number of hydrogen-bond acceptors (Lipinski definition) is 2. The summed E-state index contributed by atoms with van der Waals surface area (Å²) >= 11 is 0. The van der Waals surface area contributed by atoms with Gasteiger partial charge in [0, 0.05) is 6.54 Å². The van der Waals surface area contributed by atoms with Crippen LogP contribution in [0, 0.1) is 0 Å². The number of hydroxylamine groups is 1. The van der Waals surface area contributed by atoms with Gasteiger partial charge in [-0.25, -0.2) is 5.48 Å². The van der Waals surface area contributed by atoms with Crippen molar-refractivity contribution in [3.05, 3.63) is 35.9 Å². The summed E-state index contributed by atoms with van der Waals surface area (Å²) in [5.74, 6) is 0. The van der Waals surface area contributed by atoms with E-state index in [1.807, 2.05) is 30.3 Å². The van der Waals surface area contributed by atoms with Gasteiger partial charge in [0.05, 0.1) is 0 Å². The maximum atomic E-state index is 8.28. The summed E-state index contributed by atoms with van der Waals surface area (Å²) in [6, 6.07) is 10.0. The summed E-state index contributed by atoms with van der Waals surface area (Å²) in [6.45, 7) is 0.615. The van der Waals surface area contributed by atoms with Gasteiger partial charge in [-0.3, -0.25) is 0 Å². The van der Waals surface area contributed by atoms with E-state index in [1.54, 1.807) is 0 Å². The number of rotatable bonds is 3. The fraction of sp³-hybridized carbons (Fsp3) is 0.250. The largest absolute Gasteiger partial charge is 0.317 e. The molecule has 0 atom stereocenters. The lowest BCUT2D eigenvalue weighted by Crippen LogP contribution is -2.10. The molecule has 0 amide bonds. The standard InChI is InChI=1S/C8H11NO/c10-9-7-6-8-4-2-1-3-5-8/h1-5,9-10H,6-7H2. The van der Waals surface area contributed by atoms with E-state index in [1.165, 1.54) is 5.56 Å². The van der Waals surface area contributed by atoms with Gasteiger partial charge in [0.25, 0.3) is 0 Å². The second kappa shape index (κ2) is 4.04. The molecular weight excluding hydrogens is 126 g/mol. The number of nitrogens with one attached hydrogen (secondary N) is 1. The van der Waals surface area contributed by atoms with Crippen LogP contribution < -0.4 is 5.48 Å². The molecule has 1 aromatic carbocycles. The Morgan fingerprint density at radius 2 is 1.90 bits per heavy atom. The molecule has 0 heterocycles. The molecule has 1 aromatic rings. The average Bonchev–Trinajstić information content (AvgIpc) is 2.03. The van der Waals surface area contributed by atoms with Crippen LogP contribution in [0.5, 0.6) is 0 Å². The summed E-state index contributed by atoms with van der Waals surface area (Å²) < 4.78 is 0. The van der Waals surface area contributed by atoms with E-state index in [4.69, 9.17) is 5.21 Å². The van der Waals surface area contributed by atoms with E-state index < -0.39 is 0 Å². The highest BCUT2D eigenvalue weighted by Gasteiger charge is 1.87. The highest BCUT2D eigenvalue weighted by atomic mass is 16.5. The smallest absolute Gasteiger partial charge is 0.0247 e. The van der Waals surface area contributed by atoms with Crippen LogP contribution in [0.2, 0.25) is 0 Å². The van der Waals surface area contributed by atoms with Crippen LogP contribution in [0.4, 0.5) is 0 Å². The van der Waals surface area contributed by atoms with Gasteiger partial charge in [0.2, 0.25) is 0 Å². The van der Waals surface area contributed by atoms with Crippen molar-refractivity contribution in [3.63, 3.8) is 0 Å². The second-order valence-electron chi connectivity index (χ2n) is 2.14. The summed E-state index contributed by atoms with van der Waals surface area (Å²) in [6.07, 6.45) is 0.872. The molecule has 2 N–H and O–H groups in total. The Labute approximate surface area is 60.5 Å². The van der Waals surface area contributed by atoms with Gasteiger partial charge >= 0.3 is 0 Å². The third kappa shape index (κ3) is 2.17. The van der Waals surface area contributed by atoms with Crippen LogP contribution in [-0.4, -0.2) is 11.8 Å². The molecule has 1 rings (SSSR count). The van der Waals surface area contributed by atoms with E-state index in [0.29, 0.717) is 6.54 Å². The second-order valence-corrected chi connectivity index (χ2v) is 2.14. The van der Waals surface area contributed by atoms with Crippen LogP contribution in [0.15, 0.2) is 30.3 Å². The topological polar surface area (TPSA) is 32.3 Å². The maximum absolute atomic E-state index is 8.28. The molecule has 0 bridgehead atoms. The molecule has 0 unspecified atom stereocenters. The molecule has 0 saturated heterocycles. The molecule has 2 nitrogen and oxygen atoms in total. The zero-order valence-electron chi connectivity index (χ0n) is 5.75. The molecule has 0 aliphatic rings. The van der Waals surface area contributed by atoms with Gasteiger partial charge in [-0.2, -0.15) is 0 Å². The van der Waals surface area contributed by atoms with Crippen molar-refractivity contribution >= 4 is 0 Å². The Morgan fingerprint density at radius 3 is 2.50 bits per heavy atom. The van der Waals surface area contributed by atoms with Gasteiger partial charge in [0.1, 0.15) is 0 Å². The molecule has 0 radical (unpaired) electrons. The average molecular weight is 137 g/mol. The Morgan fingerprint density at radius 1 is 1.20 bits per heavy atom. The maximum Gasteiger partial charge on any atom is 0.0247 e. The summed E-state index contributed by atoms with van der Waals surface area (Å²) in [4.78, 5) is 0.